The molecule has 1 unspecified atom stereocenters. The lowest BCUT2D eigenvalue weighted by molar-refractivity contribution is 0.544. The molecular weight excluding hydrogens is 234 g/mol. The number of unbranched alkanes of at least 4 members (excludes halogenated alkanes) is 1. The van der Waals surface area contributed by atoms with E-state index < -0.39 is 0 Å². The first-order valence-corrected chi connectivity index (χ1v) is 7.51. The summed E-state index contributed by atoms with van der Waals surface area (Å²) in [6, 6.07) is 9.28. The molecule has 2 rings (SSSR count). The summed E-state index contributed by atoms with van der Waals surface area (Å²) in [5.41, 5.74) is 2.73. The Morgan fingerprint density at radius 1 is 1.21 bits per heavy atom. The molecule has 0 saturated carbocycles. The number of fused-ring (bicyclic) bond motifs is 1. The number of rotatable bonds is 6. The molecule has 1 N–H and O–H groups in total. The minimum absolute atomic E-state index is 0.548. The van der Waals surface area contributed by atoms with E-state index in [1.807, 2.05) is 0 Å². The lowest BCUT2D eigenvalue weighted by Crippen LogP contribution is -2.47. The first-order chi connectivity index (χ1) is 9.24. The second kappa shape index (κ2) is 6.80. The molecular formula is C16H27N3. The number of likely N-dealkylation sites (N-methyl/N-ethyl adjacent to an activating group) is 1. The van der Waals surface area contributed by atoms with Gasteiger partial charge < -0.3 is 15.1 Å². The molecule has 1 aliphatic rings. The fraction of sp³-hybridized carbons (Fsp3) is 0.625. The van der Waals surface area contributed by atoms with Gasteiger partial charge in [-0.25, -0.2) is 0 Å². The van der Waals surface area contributed by atoms with Gasteiger partial charge in [-0.2, -0.15) is 0 Å². The van der Waals surface area contributed by atoms with E-state index in [0.717, 1.165) is 26.2 Å². The predicted octanol–water partition coefficient (Wildman–Crippen LogP) is 2.72. The summed E-state index contributed by atoms with van der Waals surface area (Å²) >= 11 is 0. The minimum Gasteiger partial charge on any atom is -0.371 e. The Morgan fingerprint density at radius 2 is 1.95 bits per heavy atom. The van der Waals surface area contributed by atoms with Crippen LogP contribution in [-0.2, 0) is 0 Å². The molecule has 3 nitrogen and oxygen atoms in total. The molecule has 1 atom stereocenters. The van der Waals surface area contributed by atoms with Crippen molar-refractivity contribution in [2.24, 2.45) is 0 Å². The Hall–Kier alpha value is -1.22. The van der Waals surface area contributed by atoms with E-state index in [-0.39, 0.29) is 0 Å². The third kappa shape index (κ3) is 3.41. The molecule has 0 saturated heterocycles. The van der Waals surface area contributed by atoms with Gasteiger partial charge in [0.05, 0.1) is 11.4 Å². The fourth-order valence-corrected chi connectivity index (χ4v) is 2.71. The van der Waals surface area contributed by atoms with E-state index in [0.29, 0.717) is 6.04 Å². The van der Waals surface area contributed by atoms with Crippen LogP contribution in [0.15, 0.2) is 24.3 Å². The van der Waals surface area contributed by atoms with Gasteiger partial charge in [0, 0.05) is 32.7 Å². The zero-order chi connectivity index (χ0) is 13.7. The average Bonchev–Trinajstić information content (AvgIpc) is 2.44. The van der Waals surface area contributed by atoms with E-state index >= 15 is 0 Å². The number of nitrogens with zero attached hydrogens (tertiary/aromatic N) is 2. The van der Waals surface area contributed by atoms with Crippen molar-refractivity contribution in [1.29, 1.82) is 0 Å². The highest BCUT2D eigenvalue weighted by Crippen LogP contribution is 2.32. The third-order valence-corrected chi connectivity index (χ3v) is 3.96. The van der Waals surface area contributed by atoms with Crippen LogP contribution in [-0.4, -0.2) is 39.3 Å². The van der Waals surface area contributed by atoms with Crippen molar-refractivity contribution in [3.05, 3.63) is 24.3 Å². The monoisotopic (exact) mass is 261 g/mol. The second-order valence-corrected chi connectivity index (χ2v) is 5.51. The normalized spacial score (nSPS) is 16.4. The van der Waals surface area contributed by atoms with Crippen LogP contribution < -0.4 is 15.1 Å². The summed E-state index contributed by atoms with van der Waals surface area (Å²) in [5.74, 6) is 0. The smallest absolute Gasteiger partial charge is 0.0607 e. The second-order valence-electron chi connectivity index (χ2n) is 5.51. The molecule has 0 spiro atoms. The zero-order valence-electron chi connectivity index (χ0n) is 12.5. The van der Waals surface area contributed by atoms with Gasteiger partial charge >= 0.3 is 0 Å². The predicted molar refractivity (Wildman–Crippen MR) is 84.3 cm³/mol. The quantitative estimate of drug-likeness (QED) is 0.794. The largest absolute Gasteiger partial charge is 0.371 e. The summed E-state index contributed by atoms with van der Waals surface area (Å²) in [5, 5.41) is 3.57. The van der Waals surface area contributed by atoms with E-state index in [4.69, 9.17) is 0 Å². The van der Waals surface area contributed by atoms with Crippen LogP contribution in [0.1, 0.15) is 26.7 Å². The van der Waals surface area contributed by atoms with Crippen molar-refractivity contribution in [2.45, 2.75) is 32.7 Å². The molecule has 0 amide bonds. The molecule has 1 aromatic carbocycles. The number of benzene rings is 1. The lowest BCUT2D eigenvalue weighted by atomic mass is 10.1. The maximum absolute atomic E-state index is 3.57. The van der Waals surface area contributed by atoms with Crippen LogP contribution >= 0.6 is 0 Å². The van der Waals surface area contributed by atoms with Crippen LogP contribution in [0.3, 0.4) is 0 Å². The van der Waals surface area contributed by atoms with E-state index in [1.165, 1.54) is 24.2 Å². The molecule has 0 fully saturated rings. The van der Waals surface area contributed by atoms with Gasteiger partial charge in [-0.3, -0.25) is 0 Å². The van der Waals surface area contributed by atoms with Gasteiger partial charge in [0.2, 0.25) is 0 Å². The number of hydrogen-bond donors (Lipinski definition) is 1. The molecule has 1 aromatic rings. The van der Waals surface area contributed by atoms with Gasteiger partial charge in [0.25, 0.3) is 0 Å². The van der Waals surface area contributed by atoms with Crippen LogP contribution in [0, 0.1) is 0 Å². The first kappa shape index (κ1) is 14.2. The summed E-state index contributed by atoms with van der Waals surface area (Å²) in [7, 11) is 2.18. The molecule has 0 aromatic heterocycles. The van der Waals surface area contributed by atoms with Crippen LogP contribution in [0.25, 0.3) is 0 Å². The number of hydrogen-bond acceptors (Lipinski definition) is 3. The van der Waals surface area contributed by atoms with E-state index in [1.54, 1.807) is 0 Å². The zero-order valence-corrected chi connectivity index (χ0v) is 12.5. The Kier molecular flexibility index (Phi) is 5.08. The maximum atomic E-state index is 3.57. The average molecular weight is 261 g/mol. The first-order valence-electron chi connectivity index (χ1n) is 7.51. The Bertz CT molecular complexity index is 391. The Balaban J connectivity index is 1.99. The van der Waals surface area contributed by atoms with Gasteiger partial charge in [-0.15, -0.1) is 0 Å². The van der Waals surface area contributed by atoms with E-state index in [2.05, 4.69) is 60.3 Å². The van der Waals surface area contributed by atoms with Crippen LogP contribution in [0.5, 0.6) is 0 Å². The number of nitrogens with one attached hydrogen (secondary N) is 1. The Morgan fingerprint density at radius 3 is 2.68 bits per heavy atom. The fourth-order valence-electron chi connectivity index (χ4n) is 2.71. The SMILES string of the molecule is CCCCNCC(C)N1CCN(C)c2ccccc21. The van der Waals surface area contributed by atoms with Gasteiger partial charge in [0.15, 0.2) is 0 Å². The van der Waals surface area contributed by atoms with Crippen molar-refractivity contribution >= 4 is 11.4 Å². The molecule has 19 heavy (non-hydrogen) atoms. The molecule has 0 aliphatic carbocycles. The molecule has 3 heteroatoms. The van der Waals surface area contributed by atoms with Crippen molar-refractivity contribution in [1.82, 2.24) is 5.32 Å². The highest BCUT2D eigenvalue weighted by Gasteiger charge is 2.23. The highest BCUT2D eigenvalue weighted by atomic mass is 15.3. The lowest BCUT2D eigenvalue weighted by Gasteiger charge is -2.40. The molecule has 0 radical (unpaired) electrons. The van der Waals surface area contributed by atoms with E-state index in [9.17, 15) is 0 Å². The number of anilines is 2. The standard InChI is InChI=1S/C16H27N3/c1-4-5-10-17-13-14(2)19-12-11-18(3)15-8-6-7-9-16(15)19/h6-9,14,17H,4-5,10-13H2,1-3H3. The highest BCUT2D eigenvalue weighted by molar-refractivity contribution is 5.73. The number of para-hydroxylation sites is 2. The summed E-state index contributed by atoms with van der Waals surface area (Å²) < 4.78 is 0. The maximum Gasteiger partial charge on any atom is 0.0607 e. The Labute approximate surface area is 117 Å². The summed E-state index contributed by atoms with van der Waals surface area (Å²) in [6.07, 6.45) is 2.53. The molecule has 0 bridgehead atoms. The summed E-state index contributed by atoms with van der Waals surface area (Å²) in [6.45, 7) is 8.98. The van der Waals surface area contributed by atoms with Gasteiger partial charge in [-0.05, 0) is 32.0 Å². The van der Waals surface area contributed by atoms with Gasteiger partial charge in [-0.1, -0.05) is 25.5 Å². The van der Waals surface area contributed by atoms with Crippen molar-refractivity contribution in [3.63, 3.8) is 0 Å². The van der Waals surface area contributed by atoms with Crippen molar-refractivity contribution in [2.75, 3.05) is 43.0 Å². The van der Waals surface area contributed by atoms with Gasteiger partial charge in [0.1, 0.15) is 0 Å². The summed E-state index contributed by atoms with van der Waals surface area (Å²) in [4.78, 5) is 4.89. The van der Waals surface area contributed by atoms with Crippen LogP contribution in [0.2, 0.25) is 0 Å². The topological polar surface area (TPSA) is 18.5 Å². The van der Waals surface area contributed by atoms with Crippen molar-refractivity contribution < 1.29 is 0 Å². The molecule has 1 heterocycles. The minimum atomic E-state index is 0.548. The van der Waals surface area contributed by atoms with Crippen LogP contribution in [0.4, 0.5) is 11.4 Å². The molecule has 106 valence electrons. The van der Waals surface area contributed by atoms with Crippen molar-refractivity contribution in [3.8, 4) is 0 Å². The third-order valence-electron chi connectivity index (χ3n) is 3.96. The molecule has 1 aliphatic heterocycles.